The van der Waals surface area contributed by atoms with Crippen molar-refractivity contribution < 1.29 is 0 Å². The third-order valence-electron chi connectivity index (χ3n) is 3.44. The van der Waals surface area contributed by atoms with Gasteiger partial charge in [0, 0.05) is 13.1 Å². The summed E-state index contributed by atoms with van der Waals surface area (Å²) in [6.45, 7) is 9.05. The summed E-state index contributed by atoms with van der Waals surface area (Å²) >= 11 is 0. The Balaban J connectivity index is 2.52. The van der Waals surface area contributed by atoms with Gasteiger partial charge < -0.3 is 0 Å². The van der Waals surface area contributed by atoms with Gasteiger partial charge in [-0.1, -0.05) is 72.8 Å². The normalized spacial score (nSPS) is 11.0. The van der Waals surface area contributed by atoms with Gasteiger partial charge in [0.1, 0.15) is 5.66 Å². The fourth-order valence-corrected chi connectivity index (χ4v) is 2.46. The maximum atomic E-state index is 3.82. The molecule has 0 aliphatic rings. The van der Waals surface area contributed by atoms with Crippen LogP contribution in [-0.4, -0.2) is 13.1 Å². The lowest BCUT2D eigenvalue weighted by atomic mass is 9.90. The van der Waals surface area contributed by atoms with Crippen LogP contribution in [0.3, 0.4) is 0 Å². The van der Waals surface area contributed by atoms with E-state index in [0.29, 0.717) is 13.1 Å². The molecule has 0 amide bonds. The van der Waals surface area contributed by atoms with Crippen LogP contribution in [0.1, 0.15) is 11.1 Å². The third kappa shape index (κ3) is 3.48. The van der Waals surface area contributed by atoms with E-state index in [1.165, 1.54) is 11.1 Å². The summed E-state index contributed by atoms with van der Waals surface area (Å²) in [5.74, 6) is 0. The monoisotopic (exact) mass is 278 g/mol. The molecular formula is C19H22N2. The van der Waals surface area contributed by atoms with Crippen LogP contribution in [0, 0.1) is 0 Å². The fraction of sp³-hybridized carbons (Fsp3) is 0.158. The largest absolute Gasteiger partial charge is 0.288 e. The molecule has 2 N–H and O–H groups in total. The second-order valence-corrected chi connectivity index (χ2v) is 4.82. The third-order valence-corrected chi connectivity index (χ3v) is 3.44. The highest BCUT2D eigenvalue weighted by Gasteiger charge is 2.32. The molecule has 2 aromatic rings. The van der Waals surface area contributed by atoms with E-state index in [-0.39, 0.29) is 0 Å². The van der Waals surface area contributed by atoms with E-state index in [4.69, 9.17) is 0 Å². The van der Waals surface area contributed by atoms with Crippen molar-refractivity contribution in [1.82, 2.24) is 10.6 Å². The predicted molar refractivity (Wildman–Crippen MR) is 90.1 cm³/mol. The van der Waals surface area contributed by atoms with E-state index in [2.05, 4.69) is 72.3 Å². The molecule has 0 atom stereocenters. The molecule has 0 saturated heterocycles. The molecule has 0 spiro atoms. The summed E-state index contributed by atoms with van der Waals surface area (Å²) in [4.78, 5) is 0. The molecule has 0 saturated carbocycles. The van der Waals surface area contributed by atoms with Gasteiger partial charge >= 0.3 is 0 Å². The summed E-state index contributed by atoms with van der Waals surface area (Å²) in [6, 6.07) is 20.8. The first-order valence-corrected chi connectivity index (χ1v) is 7.16. The average molecular weight is 278 g/mol. The van der Waals surface area contributed by atoms with Gasteiger partial charge in [0.2, 0.25) is 0 Å². The number of rotatable bonds is 8. The second-order valence-electron chi connectivity index (χ2n) is 4.82. The van der Waals surface area contributed by atoms with Crippen LogP contribution in [0.5, 0.6) is 0 Å². The average Bonchev–Trinajstić information content (AvgIpc) is 2.57. The summed E-state index contributed by atoms with van der Waals surface area (Å²) < 4.78 is 0. The van der Waals surface area contributed by atoms with E-state index >= 15 is 0 Å². The van der Waals surface area contributed by atoms with Crippen molar-refractivity contribution in [3.05, 3.63) is 97.1 Å². The van der Waals surface area contributed by atoms with E-state index in [9.17, 15) is 0 Å². The molecular weight excluding hydrogens is 256 g/mol. The zero-order chi connectivity index (χ0) is 15.0. The molecule has 0 unspecified atom stereocenters. The van der Waals surface area contributed by atoms with Crippen LogP contribution in [0.25, 0.3) is 0 Å². The Morgan fingerprint density at radius 1 is 0.714 bits per heavy atom. The highest BCUT2D eigenvalue weighted by Crippen LogP contribution is 2.26. The summed E-state index contributed by atoms with van der Waals surface area (Å²) in [5, 5.41) is 7.15. The molecule has 108 valence electrons. The molecule has 0 radical (unpaired) electrons. The molecule has 2 nitrogen and oxygen atoms in total. The molecule has 2 heteroatoms. The number of nitrogens with one attached hydrogen (secondary N) is 2. The molecule has 2 aromatic carbocycles. The number of hydrogen-bond acceptors (Lipinski definition) is 2. The SMILES string of the molecule is C=CCNC(NCC=C)(c1ccccc1)c1ccccc1. The highest BCUT2D eigenvalue weighted by atomic mass is 15.2. The lowest BCUT2D eigenvalue weighted by molar-refractivity contribution is 0.346. The zero-order valence-electron chi connectivity index (χ0n) is 12.3. The lowest BCUT2D eigenvalue weighted by Gasteiger charge is -2.37. The molecule has 2 rings (SSSR count). The van der Waals surface area contributed by atoms with Gasteiger partial charge in [0.05, 0.1) is 0 Å². The quantitative estimate of drug-likeness (QED) is 0.571. The van der Waals surface area contributed by atoms with Gasteiger partial charge in [-0.05, 0) is 11.1 Å². The summed E-state index contributed by atoms with van der Waals surface area (Å²) in [7, 11) is 0. The Kier molecular flexibility index (Phi) is 5.50. The van der Waals surface area contributed by atoms with Crippen molar-refractivity contribution >= 4 is 0 Å². The van der Waals surface area contributed by atoms with Gasteiger partial charge in [-0.2, -0.15) is 0 Å². The molecule has 0 bridgehead atoms. The van der Waals surface area contributed by atoms with Crippen LogP contribution in [0.4, 0.5) is 0 Å². The smallest absolute Gasteiger partial charge is 0.122 e. The molecule has 0 fully saturated rings. The lowest BCUT2D eigenvalue weighted by Crippen LogP contribution is -2.55. The Morgan fingerprint density at radius 3 is 1.43 bits per heavy atom. The number of hydrogen-bond donors (Lipinski definition) is 2. The summed E-state index contributed by atoms with van der Waals surface area (Å²) in [6.07, 6.45) is 3.74. The Morgan fingerprint density at radius 2 is 1.10 bits per heavy atom. The minimum atomic E-state index is -0.453. The van der Waals surface area contributed by atoms with E-state index in [0.717, 1.165) is 0 Å². The Bertz CT molecular complexity index is 507. The second kappa shape index (κ2) is 7.58. The van der Waals surface area contributed by atoms with Gasteiger partial charge in [0.15, 0.2) is 0 Å². The Hall–Kier alpha value is -2.16. The predicted octanol–water partition coefficient (Wildman–Crippen LogP) is 3.44. The van der Waals surface area contributed by atoms with Gasteiger partial charge in [0.25, 0.3) is 0 Å². The Labute approximate surface area is 127 Å². The van der Waals surface area contributed by atoms with Crippen molar-refractivity contribution in [2.45, 2.75) is 5.66 Å². The van der Waals surface area contributed by atoms with E-state index in [1.54, 1.807) is 0 Å². The zero-order valence-corrected chi connectivity index (χ0v) is 12.3. The van der Waals surface area contributed by atoms with Gasteiger partial charge in [-0.15, -0.1) is 13.2 Å². The van der Waals surface area contributed by atoms with Crippen molar-refractivity contribution in [1.29, 1.82) is 0 Å². The van der Waals surface area contributed by atoms with Crippen LogP contribution < -0.4 is 10.6 Å². The van der Waals surface area contributed by atoms with Crippen LogP contribution in [-0.2, 0) is 5.66 Å². The van der Waals surface area contributed by atoms with Crippen molar-refractivity contribution in [2.24, 2.45) is 0 Å². The topological polar surface area (TPSA) is 24.1 Å². The van der Waals surface area contributed by atoms with E-state index in [1.807, 2.05) is 24.3 Å². The fourth-order valence-electron chi connectivity index (χ4n) is 2.46. The van der Waals surface area contributed by atoms with Crippen molar-refractivity contribution in [3.63, 3.8) is 0 Å². The molecule has 0 aliphatic carbocycles. The summed E-state index contributed by atoms with van der Waals surface area (Å²) in [5.41, 5.74) is 1.88. The standard InChI is InChI=1S/C19H22N2/c1-3-15-20-19(21-16-4-2,17-11-7-5-8-12-17)18-13-9-6-10-14-18/h3-14,20-21H,1-2,15-16H2. The molecule has 0 aromatic heterocycles. The van der Waals surface area contributed by atoms with Crippen LogP contribution >= 0.6 is 0 Å². The molecule has 0 heterocycles. The first-order valence-electron chi connectivity index (χ1n) is 7.16. The van der Waals surface area contributed by atoms with Crippen LogP contribution in [0.2, 0.25) is 0 Å². The van der Waals surface area contributed by atoms with Crippen molar-refractivity contribution in [3.8, 4) is 0 Å². The minimum Gasteiger partial charge on any atom is -0.288 e. The molecule has 21 heavy (non-hydrogen) atoms. The number of benzene rings is 2. The van der Waals surface area contributed by atoms with Gasteiger partial charge in [-0.3, -0.25) is 10.6 Å². The first-order chi connectivity index (χ1) is 10.3. The van der Waals surface area contributed by atoms with Crippen molar-refractivity contribution in [2.75, 3.05) is 13.1 Å². The first kappa shape index (κ1) is 15.2. The van der Waals surface area contributed by atoms with Crippen LogP contribution in [0.15, 0.2) is 86.0 Å². The maximum absolute atomic E-state index is 3.82. The highest BCUT2D eigenvalue weighted by molar-refractivity contribution is 5.37. The minimum absolute atomic E-state index is 0.453. The van der Waals surface area contributed by atoms with Gasteiger partial charge in [-0.25, -0.2) is 0 Å². The van der Waals surface area contributed by atoms with E-state index < -0.39 is 5.66 Å². The maximum Gasteiger partial charge on any atom is 0.122 e. The molecule has 0 aliphatic heterocycles.